The molecule has 0 radical (unpaired) electrons. The average molecular weight is 218 g/mol. The van der Waals surface area contributed by atoms with Gasteiger partial charge in [-0.15, -0.1) is 0 Å². The van der Waals surface area contributed by atoms with Gasteiger partial charge in [0, 0.05) is 0 Å². The Labute approximate surface area is 98.5 Å². The molecule has 0 heterocycles. The molecule has 1 fully saturated rings. The lowest BCUT2D eigenvalue weighted by atomic mass is 9.63. The standard InChI is InChI=1S/C15H22O/c1-4-12-6-5-7-14(8-12)15(16)9-13(10-15)11(2)3/h5-8,11,13,16H,4,9-10H2,1-3H3. The minimum absolute atomic E-state index is 0.542. The minimum Gasteiger partial charge on any atom is -0.385 e. The largest absolute Gasteiger partial charge is 0.385 e. The van der Waals surface area contributed by atoms with Crippen LogP contribution in [-0.2, 0) is 12.0 Å². The van der Waals surface area contributed by atoms with Gasteiger partial charge in [0.25, 0.3) is 0 Å². The van der Waals surface area contributed by atoms with Gasteiger partial charge >= 0.3 is 0 Å². The fourth-order valence-corrected chi connectivity index (χ4v) is 2.60. The highest BCUT2D eigenvalue weighted by Crippen LogP contribution is 2.48. The highest BCUT2D eigenvalue weighted by Gasteiger charge is 2.44. The third-order valence-electron chi connectivity index (χ3n) is 4.02. The highest BCUT2D eigenvalue weighted by atomic mass is 16.3. The average Bonchev–Trinajstić information content (AvgIpc) is 2.24. The second-order valence-corrected chi connectivity index (χ2v) is 5.50. The van der Waals surface area contributed by atoms with Gasteiger partial charge in [-0.1, -0.05) is 45.0 Å². The molecule has 1 heteroatoms. The van der Waals surface area contributed by atoms with Crippen LogP contribution in [0.5, 0.6) is 0 Å². The van der Waals surface area contributed by atoms with Crippen LogP contribution >= 0.6 is 0 Å². The van der Waals surface area contributed by atoms with Crippen molar-refractivity contribution in [3.63, 3.8) is 0 Å². The van der Waals surface area contributed by atoms with Crippen molar-refractivity contribution in [2.45, 2.75) is 45.6 Å². The Morgan fingerprint density at radius 1 is 1.38 bits per heavy atom. The van der Waals surface area contributed by atoms with E-state index in [0.717, 1.165) is 24.8 Å². The number of benzene rings is 1. The molecule has 0 spiro atoms. The first-order valence-electron chi connectivity index (χ1n) is 6.37. The normalized spacial score (nSPS) is 29.2. The number of hydrogen-bond donors (Lipinski definition) is 1. The Morgan fingerprint density at radius 3 is 2.62 bits per heavy atom. The second-order valence-electron chi connectivity index (χ2n) is 5.50. The fraction of sp³-hybridized carbons (Fsp3) is 0.600. The summed E-state index contributed by atoms with van der Waals surface area (Å²) in [6.07, 6.45) is 2.90. The van der Waals surface area contributed by atoms with Crippen molar-refractivity contribution in [1.29, 1.82) is 0 Å². The molecule has 1 aromatic rings. The Kier molecular flexibility index (Phi) is 3.07. The van der Waals surface area contributed by atoms with Crippen LogP contribution in [0.3, 0.4) is 0 Å². The van der Waals surface area contributed by atoms with Crippen molar-refractivity contribution in [2.75, 3.05) is 0 Å². The van der Waals surface area contributed by atoms with Gasteiger partial charge in [0.15, 0.2) is 0 Å². The zero-order valence-electron chi connectivity index (χ0n) is 10.5. The second kappa shape index (κ2) is 4.21. The first-order chi connectivity index (χ1) is 7.55. The van der Waals surface area contributed by atoms with Gasteiger partial charge in [-0.25, -0.2) is 0 Å². The maximum Gasteiger partial charge on any atom is 0.0902 e. The van der Waals surface area contributed by atoms with E-state index in [1.54, 1.807) is 0 Å². The Morgan fingerprint density at radius 2 is 2.06 bits per heavy atom. The summed E-state index contributed by atoms with van der Waals surface area (Å²) in [7, 11) is 0. The van der Waals surface area contributed by atoms with Crippen molar-refractivity contribution in [3.05, 3.63) is 35.4 Å². The van der Waals surface area contributed by atoms with Crippen molar-refractivity contribution < 1.29 is 5.11 Å². The number of hydrogen-bond acceptors (Lipinski definition) is 1. The molecule has 0 atom stereocenters. The molecule has 2 rings (SSSR count). The summed E-state index contributed by atoms with van der Waals surface area (Å²) in [6.45, 7) is 6.64. The lowest BCUT2D eigenvalue weighted by Gasteiger charge is -2.46. The summed E-state index contributed by atoms with van der Waals surface area (Å²) < 4.78 is 0. The molecule has 1 aromatic carbocycles. The lowest BCUT2D eigenvalue weighted by Crippen LogP contribution is -2.43. The van der Waals surface area contributed by atoms with Crippen molar-refractivity contribution >= 4 is 0 Å². The van der Waals surface area contributed by atoms with Crippen LogP contribution in [0.1, 0.15) is 44.7 Å². The summed E-state index contributed by atoms with van der Waals surface area (Å²) in [5.41, 5.74) is 1.89. The summed E-state index contributed by atoms with van der Waals surface area (Å²) in [6, 6.07) is 8.42. The molecule has 1 N–H and O–H groups in total. The van der Waals surface area contributed by atoms with Crippen LogP contribution in [0.4, 0.5) is 0 Å². The summed E-state index contributed by atoms with van der Waals surface area (Å²) in [5.74, 6) is 1.38. The van der Waals surface area contributed by atoms with Crippen LogP contribution in [-0.4, -0.2) is 5.11 Å². The van der Waals surface area contributed by atoms with Gasteiger partial charge in [0.1, 0.15) is 0 Å². The van der Waals surface area contributed by atoms with Crippen LogP contribution in [0.2, 0.25) is 0 Å². The highest BCUT2D eigenvalue weighted by molar-refractivity contribution is 5.30. The quantitative estimate of drug-likeness (QED) is 0.823. The monoisotopic (exact) mass is 218 g/mol. The van der Waals surface area contributed by atoms with Crippen molar-refractivity contribution in [2.24, 2.45) is 11.8 Å². The molecular formula is C15H22O. The zero-order chi connectivity index (χ0) is 11.8. The van der Waals surface area contributed by atoms with Crippen LogP contribution in [0, 0.1) is 11.8 Å². The SMILES string of the molecule is CCc1cccc(C2(O)CC(C(C)C)C2)c1. The van der Waals surface area contributed by atoms with E-state index in [2.05, 4.69) is 45.0 Å². The Hall–Kier alpha value is -0.820. The molecule has 0 aliphatic heterocycles. The van der Waals surface area contributed by atoms with E-state index in [1.807, 2.05) is 0 Å². The molecule has 88 valence electrons. The Balaban J connectivity index is 2.13. The minimum atomic E-state index is -0.542. The van der Waals surface area contributed by atoms with E-state index in [0.29, 0.717) is 11.8 Å². The molecular weight excluding hydrogens is 196 g/mol. The van der Waals surface area contributed by atoms with E-state index in [9.17, 15) is 5.11 Å². The van der Waals surface area contributed by atoms with E-state index < -0.39 is 5.60 Å². The van der Waals surface area contributed by atoms with Gasteiger partial charge in [-0.2, -0.15) is 0 Å². The maximum atomic E-state index is 10.5. The molecule has 1 aliphatic rings. The zero-order valence-corrected chi connectivity index (χ0v) is 10.5. The molecule has 1 saturated carbocycles. The van der Waals surface area contributed by atoms with Crippen molar-refractivity contribution in [3.8, 4) is 0 Å². The summed E-state index contributed by atoms with van der Waals surface area (Å²) in [5, 5.41) is 10.5. The first kappa shape index (κ1) is 11.7. The third-order valence-corrected chi connectivity index (χ3v) is 4.02. The van der Waals surface area contributed by atoms with E-state index in [1.165, 1.54) is 5.56 Å². The third kappa shape index (κ3) is 2.01. The number of rotatable bonds is 3. The first-order valence-corrected chi connectivity index (χ1v) is 6.37. The summed E-state index contributed by atoms with van der Waals surface area (Å²) in [4.78, 5) is 0. The van der Waals surface area contributed by atoms with Crippen molar-refractivity contribution in [1.82, 2.24) is 0 Å². The molecule has 0 amide bonds. The molecule has 1 aliphatic carbocycles. The molecule has 0 saturated heterocycles. The van der Waals surface area contributed by atoms with Crippen LogP contribution in [0.15, 0.2) is 24.3 Å². The predicted molar refractivity (Wildman–Crippen MR) is 67.3 cm³/mol. The topological polar surface area (TPSA) is 20.2 Å². The fourth-order valence-electron chi connectivity index (χ4n) is 2.60. The summed E-state index contributed by atoms with van der Waals surface area (Å²) >= 11 is 0. The van der Waals surface area contributed by atoms with Gasteiger partial charge < -0.3 is 5.11 Å². The number of aliphatic hydroxyl groups is 1. The van der Waals surface area contributed by atoms with Gasteiger partial charge in [0.2, 0.25) is 0 Å². The molecule has 0 unspecified atom stereocenters. The van der Waals surface area contributed by atoms with Gasteiger partial charge in [-0.3, -0.25) is 0 Å². The Bertz CT molecular complexity index is 361. The van der Waals surface area contributed by atoms with E-state index in [4.69, 9.17) is 0 Å². The smallest absolute Gasteiger partial charge is 0.0902 e. The lowest BCUT2D eigenvalue weighted by molar-refractivity contribution is -0.0934. The predicted octanol–water partition coefficient (Wildman–Crippen LogP) is 3.50. The van der Waals surface area contributed by atoms with E-state index >= 15 is 0 Å². The molecule has 1 nitrogen and oxygen atoms in total. The maximum absolute atomic E-state index is 10.5. The van der Waals surface area contributed by atoms with Gasteiger partial charge in [-0.05, 0) is 42.2 Å². The van der Waals surface area contributed by atoms with Crippen LogP contribution in [0.25, 0.3) is 0 Å². The molecule has 0 bridgehead atoms. The number of aryl methyl sites for hydroxylation is 1. The molecule has 16 heavy (non-hydrogen) atoms. The van der Waals surface area contributed by atoms with E-state index in [-0.39, 0.29) is 0 Å². The van der Waals surface area contributed by atoms with Gasteiger partial charge in [0.05, 0.1) is 5.60 Å². The molecule has 0 aromatic heterocycles. The van der Waals surface area contributed by atoms with Crippen LogP contribution < -0.4 is 0 Å².